The molecule has 7 nitrogen and oxygen atoms in total. The van der Waals surface area contributed by atoms with Crippen LogP contribution in [0, 0.1) is 12.8 Å². The van der Waals surface area contributed by atoms with E-state index in [9.17, 15) is 14.7 Å². The Morgan fingerprint density at radius 2 is 2.00 bits per heavy atom. The summed E-state index contributed by atoms with van der Waals surface area (Å²) in [6, 6.07) is 12.9. The van der Waals surface area contributed by atoms with E-state index in [4.69, 9.17) is 9.72 Å². The number of fused-ring (bicyclic) bond motifs is 3. The summed E-state index contributed by atoms with van der Waals surface area (Å²) in [6.07, 6.45) is 3.45. The minimum Gasteiger partial charge on any atom is -0.481 e. The van der Waals surface area contributed by atoms with Crippen LogP contribution in [0.2, 0.25) is 0 Å². The third-order valence-electron chi connectivity index (χ3n) is 7.89. The molecule has 7 heteroatoms. The van der Waals surface area contributed by atoms with Crippen molar-refractivity contribution in [3.05, 3.63) is 64.5 Å². The predicted molar refractivity (Wildman–Crippen MR) is 134 cm³/mol. The van der Waals surface area contributed by atoms with Crippen LogP contribution in [0.1, 0.15) is 66.2 Å². The van der Waals surface area contributed by atoms with Crippen molar-refractivity contribution >= 4 is 23.1 Å². The maximum atomic E-state index is 12.3. The van der Waals surface area contributed by atoms with Crippen molar-refractivity contribution < 1.29 is 19.4 Å². The number of nitrogens with zero attached hydrogens (tertiary/aromatic N) is 3. The van der Waals surface area contributed by atoms with E-state index in [0.29, 0.717) is 25.9 Å². The summed E-state index contributed by atoms with van der Waals surface area (Å²) in [4.78, 5) is 30.9. The van der Waals surface area contributed by atoms with Gasteiger partial charge in [-0.25, -0.2) is 9.78 Å². The number of carbonyl (C=O) groups is 2. The number of benzene rings is 2. The normalized spacial score (nSPS) is 20.6. The molecule has 1 aliphatic carbocycles. The fraction of sp³-hybridized carbons (Fsp3) is 0.464. The second kappa shape index (κ2) is 9.36. The fourth-order valence-electron chi connectivity index (χ4n) is 5.94. The molecule has 1 amide bonds. The molecule has 184 valence electrons. The maximum Gasteiger partial charge on any atom is 0.409 e. The number of methoxy groups -OCH3 is 1. The lowest BCUT2D eigenvalue weighted by Crippen LogP contribution is -2.35. The standard InChI is InChI=1S/C28H33N3O4/c1-17-6-4-5-7-20(17)14-18(2)31-24-11-10-19-12-13-30(28(34)35-3)16-23(19)25(24)29-26(31)21-8-9-22(15-21)27(32)33/h4-7,10-11,18,21-22H,8-9,12-16H2,1-3H3,(H,32,33)/t18-,21-,22+/m0/s1. The molecular formula is C28H33N3O4. The van der Waals surface area contributed by atoms with Gasteiger partial charge in [-0.3, -0.25) is 4.79 Å². The lowest BCUT2D eigenvalue weighted by atomic mass is 9.98. The van der Waals surface area contributed by atoms with Crippen LogP contribution in [0.3, 0.4) is 0 Å². The Labute approximate surface area is 205 Å². The molecule has 2 heterocycles. The zero-order valence-corrected chi connectivity index (χ0v) is 20.7. The van der Waals surface area contributed by atoms with E-state index in [-0.39, 0.29) is 24.0 Å². The Morgan fingerprint density at radius 3 is 2.71 bits per heavy atom. The highest BCUT2D eigenvalue weighted by atomic mass is 16.5. The number of carbonyl (C=O) groups excluding carboxylic acids is 1. The predicted octanol–water partition coefficient (Wildman–Crippen LogP) is 5.24. The van der Waals surface area contributed by atoms with Crippen molar-refractivity contribution in [2.45, 2.75) is 64.5 Å². The quantitative estimate of drug-likeness (QED) is 0.545. The van der Waals surface area contributed by atoms with Gasteiger partial charge in [0.25, 0.3) is 0 Å². The summed E-state index contributed by atoms with van der Waals surface area (Å²) in [6.45, 7) is 5.47. The van der Waals surface area contributed by atoms with Gasteiger partial charge in [-0.2, -0.15) is 0 Å². The second-order valence-corrected chi connectivity index (χ2v) is 10.1. The van der Waals surface area contributed by atoms with Crippen molar-refractivity contribution in [1.29, 1.82) is 0 Å². The van der Waals surface area contributed by atoms with Crippen LogP contribution in [-0.2, 0) is 28.9 Å². The summed E-state index contributed by atoms with van der Waals surface area (Å²) in [5, 5.41) is 9.61. The van der Waals surface area contributed by atoms with Gasteiger partial charge in [-0.1, -0.05) is 30.3 Å². The molecule has 3 atom stereocenters. The molecular weight excluding hydrogens is 442 g/mol. The Balaban J connectivity index is 1.60. The van der Waals surface area contributed by atoms with Crippen molar-refractivity contribution in [3.63, 3.8) is 0 Å². The Morgan fingerprint density at radius 1 is 1.20 bits per heavy atom. The number of ether oxygens (including phenoxy) is 1. The van der Waals surface area contributed by atoms with Crippen LogP contribution in [0.5, 0.6) is 0 Å². The van der Waals surface area contributed by atoms with Crippen molar-refractivity contribution in [2.24, 2.45) is 5.92 Å². The Hall–Kier alpha value is -3.35. The SMILES string of the molecule is COC(=O)N1CCc2ccc3c(nc([C@H]4CC[C@@H](C(=O)O)C4)n3[C@@H](C)Cc3ccccc3C)c2C1. The molecule has 0 bridgehead atoms. The first-order valence-corrected chi connectivity index (χ1v) is 12.5. The summed E-state index contributed by atoms with van der Waals surface area (Å²) < 4.78 is 7.32. The number of imidazole rings is 1. The molecule has 35 heavy (non-hydrogen) atoms. The minimum atomic E-state index is -0.714. The molecule has 0 radical (unpaired) electrons. The van der Waals surface area contributed by atoms with Gasteiger partial charge in [0.2, 0.25) is 0 Å². The Kier molecular flexibility index (Phi) is 6.26. The number of carboxylic acid groups (broad SMARTS) is 1. The lowest BCUT2D eigenvalue weighted by molar-refractivity contribution is -0.141. The summed E-state index contributed by atoms with van der Waals surface area (Å²) >= 11 is 0. The molecule has 1 N–H and O–H groups in total. The number of aryl methyl sites for hydroxylation is 1. The highest BCUT2D eigenvalue weighted by molar-refractivity contribution is 5.82. The van der Waals surface area contributed by atoms with Crippen LogP contribution in [-0.4, -0.2) is 45.3 Å². The fourth-order valence-corrected chi connectivity index (χ4v) is 5.94. The van der Waals surface area contributed by atoms with Gasteiger partial charge >= 0.3 is 12.1 Å². The highest BCUT2D eigenvalue weighted by Gasteiger charge is 2.35. The molecule has 2 aliphatic rings. The molecule has 1 saturated carbocycles. The van der Waals surface area contributed by atoms with Gasteiger partial charge in [-0.15, -0.1) is 0 Å². The summed E-state index contributed by atoms with van der Waals surface area (Å²) in [5.41, 5.74) is 6.86. The molecule has 5 rings (SSSR count). The first-order valence-electron chi connectivity index (χ1n) is 12.5. The van der Waals surface area contributed by atoms with Gasteiger partial charge in [0.15, 0.2) is 0 Å². The number of hydrogen-bond acceptors (Lipinski definition) is 4. The minimum absolute atomic E-state index is 0.110. The molecule has 1 aromatic heterocycles. The van der Waals surface area contributed by atoms with E-state index in [1.807, 2.05) is 0 Å². The molecule has 1 fully saturated rings. The van der Waals surface area contributed by atoms with Crippen LogP contribution >= 0.6 is 0 Å². The maximum absolute atomic E-state index is 12.3. The summed E-state index contributed by atoms with van der Waals surface area (Å²) in [7, 11) is 1.41. The largest absolute Gasteiger partial charge is 0.481 e. The highest BCUT2D eigenvalue weighted by Crippen LogP contribution is 2.41. The smallest absolute Gasteiger partial charge is 0.409 e. The van der Waals surface area contributed by atoms with Crippen LogP contribution in [0.15, 0.2) is 36.4 Å². The first-order chi connectivity index (χ1) is 16.9. The molecule has 1 aliphatic heterocycles. The number of aliphatic carboxylic acids is 1. The van der Waals surface area contributed by atoms with Crippen LogP contribution < -0.4 is 0 Å². The first kappa shape index (κ1) is 23.4. The van der Waals surface area contributed by atoms with E-state index < -0.39 is 5.97 Å². The van der Waals surface area contributed by atoms with E-state index >= 15 is 0 Å². The summed E-state index contributed by atoms with van der Waals surface area (Å²) in [5.74, 6) is 0.0603. The topological polar surface area (TPSA) is 84.7 Å². The third kappa shape index (κ3) is 4.28. The number of carboxylic acids is 1. The van der Waals surface area contributed by atoms with Gasteiger partial charge in [0, 0.05) is 24.1 Å². The number of amides is 1. The monoisotopic (exact) mass is 475 g/mol. The average molecular weight is 476 g/mol. The van der Waals surface area contributed by atoms with E-state index in [1.165, 1.54) is 23.8 Å². The number of aromatic nitrogens is 2. The van der Waals surface area contributed by atoms with E-state index in [1.54, 1.807) is 4.90 Å². The number of hydrogen-bond donors (Lipinski definition) is 1. The van der Waals surface area contributed by atoms with E-state index in [2.05, 4.69) is 54.8 Å². The van der Waals surface area contributed by atoms with Crippen molar-refractivity contribution in [1.82, 2.24) is 14.5 Å². The lowest BCUT2D eigenvalue weighted by Gasteiger charge is -2.28. The molecule has 0 unspecified atom stereocenters. The zero-order chi connectivity index (χ0) is 24.7. The van der Waals surface area contributed by atoms with Crippen molar-refractivity contribution in [2.75, 3.05) is 13.7 Å². The third-order valence-corrected chi connectivity index (χ3v) is 7.89. The molecule has 0 spiro atoms. The van der Waals surface area contributed by atoms with Gasteiger partial charge in [0.1, 0.15) is 5.82 Å². The van der Waals surface area contributed by atoms with Crippen LogP contribution in [0.4, 0.5) is 4.79 Å². The average Bonchev–Trinajstić information content (AvgIpc) is 3.50. The second-order valence-electron chi connectivity index (χ2n) is 10.1. The van der Waals surface area contributed by atoms with Gasteiger partial charge < -0.3 is 19.3 Å². The zero-order valence-electron chi connectivity index (χ0n) is 20.7. The van der Waals surface area contributed by atoms with Crippen molar-refractivity contribution in [3.8, 4) is 0 Å². The molecule has 3 aromatic rings. The van der Waals surface area contributed by atoms with Gasteiger partial charge in [-0.05, 0) is 68.7 Å². The van der Waals surface area contributed by atoms with Gasteiger partial charge in [0.05, 0.1) is 30.6 Å². The van der Waals surface area contributed by atoms with Crippen LogP contribution in [0.25, 0.3) is 11.0 Å². The molecule has 2 aromatic carbocycles. The molecule has 0 saturated heterocycles. The Bertz CT molecular complexity index is 1280. The van der Waals surface area contributed by atoms with E-state index in [0.717, 1.165) is 41.7 Å². The number of rotatable bonds is 5.